The van der Waals surface area contributed by atoms with Crippen LogP contribution in [0.5, 0.6) is 0 Å². The van der Waals surface area contributed by atoms with E-state index in [1.165, 1.54) is 6.42 Å². The van der Waals surface area contributed by atoms with Gasteiger partial charge in [-0.25, -0.2) is 15.6 Å². The summed E-state index contributed by atoms with van der Waals surface area (Å²) < 4.78 is 5.70. The van der Waals surface area contributed by atoms with Gasteiger partial charge in [0.05, 0.1) is 11.3 Å². The van der Waals surface area contributed by atoms with Crippen molar-refractivity contribution < 1.29 is 9.53 Å². The van der Waals surface area contributed by atoms with E-state index >= 15 is 0 Å². The number of anilines is 1. The molecular formula is C18H25N3O2. The summed E-state index contributed by atoms with van der Waals surface area (Å²) in [5.74, 6) is 7.25. The smallest absolute Gasteiger partial charge is 0.429 e. The number of nitrogens with zero attached hydrogens (tertiary/aromatic N) is 2. The van der Waals surface area contributed by atoms with Gasteiger partial charge in [-0.2, -0.15) is 5.26 Å². The predicted molar refractivity (Wildman–Crippen MR) is 89.4 cm³/mol. The van der Waals surface area contributed by atoms with E-state index in [0.29, 0.717) is 29.0 Å². The van der Waals surface area contributed by atoms with Crippen LogP contribution < -0.4 is 10.9 Å². The maximum atomic E-state index is 12.4. The minimum atomic E-state index is -0.600. The number of hydrogen-bond acceptors (Lipinski definition) is 4. The Balaban J connectivity index is 2.12. The molecule has 0 bridgehead atoms. The van der Waals surface area contributed by atoms with E-state index in [9.17, 15) is 4.79 Å². The highest BCUT2D eigenvalue weighted by Gasteiger charge is 2.34. The molecule has 2 N–H and O–H groups in total. The molecular weight excluding hydrogens is 290 g/mol. The molecule has 1 saturated carbocycles. The molecule has 1 aromatic rings. The van der Waals surface area contributed by atoms with Crippen molar-refractivity contribution in [1.29, 1.82) is 5.26 Å². The molecule has 0 saturated heterocycles. The van der Waals surface area contributed by atoms with Crippen LogP contribution in [0.1, 0.15) is 45.6 Å². The van der Waals surface area contributed by atoms with E-state index in [1.54, 1.807) is 24.3 Å². The first-order chi connectivity index (χ1) is 10.9. The molecule has 1 aliphatic carbocycles. The first kappa shape index (κ1) is 17.3. The normalized spacial score (nSPS) is 24.1. The van der Waals surface area contributed by atoms with E-state index in [4.69, 9.17) is 15.8 Å². The minimum Gasteiger partial charge on any atom is -0.445 e. The summed E-state index contributed by atoms with van der Waals surface area (Å²) in [5.41, 5.74) is 0.717. The van der Waals surface area contributed by atoms with Gasteiger partial charge in [0.2, 0.25) is 0 Å². The van der Waals surface area contributed by atoms with Crippen LogP contribution in [0.25, 0.3) is 0 Å². The molecule has 1 amide bonds. The molecule has 1 aliphatic rings. The summed E-state index contributed by atoms with van der Waals surface area (Å²) in [4.78, 5) is 12.4. The van der Waals surface area contributed by atoms with Crippen LogP contribution in [0.3, 0.4) is 0 Å². The largest absolute Gasteiger partial charge is 0.445 e. The number of para-hydroxylation sites is 1. The molecule has 2 rings (SSSR count). The maximum absolute atomic E-state index is 12.4. The Labute approximate surface area is 138 Å². The molecule has 124 valence electrons. The Kier molecular flexibility index (Phi) is 5.62. The predicted octanol–water partition coefficient (Wildman–Crippen LogP) is 3.84. The van der Waals surface area contributed by atoms with Gasteiger partial charge in [0.15, 0.2) is 0 Å². The van der Waals surface area contributed by atoms with Gasteiger partial charge in [0.1, 0.15) is 12.2 Å². The van der Waals surface area contributed by atoms with Crippen LogP contribution in [0.4, 0.5) is 10.5 Å². The summed E-state index contributed by atoms with van der Waals surface area (Å²) in [7, 11) is 0. The SMILES string of the molecule is CC1CCC(C(C)C)C(OC(=O)N(N)c2ccccc2C#N)C1. The Morgan fingerprint density at radius 2 is 2.09 bits per heavy atom. The van der Waals surface area contributed by atoms with Crippen molar-refractivity contribution in [2.24, 2.45) is 23.6 Å². The zero-order valence-electron chi connectivity index (χ0n) is 14.0. The van der Waals surface area contributed by atoms with Crippen molar-refractivity contribution in [3.63, 3.8) is 0 Å². The average Bonchev–Trinajstić information content (AvgIpc) is 2.53. The quantitative estimate of drug-likeness (QED) is 0.522. The topological polar surface area (TPSA) is 79.3 Å². The Bertz CT molecular complexity index is 594. The van der Waals surface area contributed by atoms with Crippen LogP contribution >= 0.6 is 0 Å². The van der Waals surface area contributed by atoms with Crippen LogP contribution in [-0.2, 0) is 4.74 Å². The van der Waals surface area contributed by atoms with Crippen LogP contribution in [-0.4, -0.2) is 12.2 Å². The fourth-order valence-corrected chi connectivity index (χ4v) is 3.31. The standard InChI is InChI=1S/C18H25N3O2/c1-12(2)15-9-8-13(3)10-17(15)23-18(22)21(20)16-7-5-4-6-14(16)11-19/h4-7,12-13,15,17H,8-10,20H2,1-3H3. The molecule has 0 spiro atoms. The second-order valence-corrected chi connectivity index (χ2v) is 6.75. The molecule has 0 aliphatic heterocycles. The molecule has 3 atom stereocenters. The lowest BCUT2D eigenvalue weighted by molar-refractivity contribution is 0.00936. The number of rotatable bonds is 3. The van der Waals surface area contributed by atoms with Gasteiger partial charge in [-0.05, 0) is 42.7 Å². The number of carbonyl (C=O) groups excluding carboxylic acids is 1. The Morgan fingerprint density at radius 3 is 2.74 bits per heavy atom. The molecule has 23 heavy (non-hydrogen) atoms. The first-order valence-corrected chi connectivity index (χ1v) is 8.18. The third kappa shape index (κ3) is 4.02. The van der Waals surface area contributed by atoms with Crippen LogP contribution in [0, 0.1) is 29.1 Å². The highest BCUT2D eigenvalue weighted by molar-refractivity contribution is 5.88. The molecule has 0 aromatic heterocycles. The number of hydrogen-bond donors (Lipinski definition) is 1. The van der Waals surface area contributed by atoms with Crippen molar-refractivity contribution in [3.05, 3.63) is 29.8 Å². The highest BCUT2D eigenvalue weighted by Crippen LogP contribution is 2.35. The number of carbonyl (C=O) groups is 1. The summed E-state index contributed by atoms with van der Waals surface area (Å²) in [6, 6.07) is 8.78. The second kappa shape index (κ2) is 7.47. The van der Waals surface area contributed by atoms with Crippen molar-refractivity contribution in [3.8, 4) is 6.07 Å². The molecule has 3 unspecified atom stereocenters. The number of ether oxygens (including phenoxy) is 1. The fourth-order valence-electron chi connectivity index (χ4n) is 3.31. The van der Waals surface area contributed by atoms with E-state index in [2.05, 4.69) is 20.8 Å². The number of hydrazine groups is 1. The number of benzene rings is 1. The summed E-state index contributed by atoms with van der Waals surface area (Å²) in [6.45, 7) is 6.50. The van der Waals surface area contributed by atoms with Gasteiger partial charge in [0.25, 0.3) is 0 Å². The minimum absolute atomic E-state index is 0.119. The van der Waals surface area contributed by atoms with Gasteiger partial charge in [-0.3, -0.25) is 0 Å². The zero-order chi connectivity index (χ0) is 17.0. The molecule has 1 fully saturated rings. The fraction of sp³-hybridized carbons (Fsp3) is 0.556. The molecule has 5 nitrogen and oxygen atoms in total. The van der Waals surface area contributed by atoms with Crippen molar-refractivity contribution in [2.75, 3.05) is 5.01 Å². The summed E-state index contributed by atoms with van der Waals surface area (Å²) in [6.07, 6.45) is 2.38. The van der Waals surface area contributed by atoms with Gasteiger partial charge in [-0.15, -0.1) is 0 Å². The van der Waals surface area contributed by atoms with E-state index in [1.807, 2.05) is 6.07 Å². The number of nitriles is 1. The zero-order valence-corrected chi connectivity index (χ0v) is 14.0. The lowest BCUT2D eigenvalue weighted by Crippen LogP contribution is -2.44. The lowest BCUT2D eigenvalue weighted by atomic mass is 9.75. The first-order valence-electron chi connectivity index (χ1n) is 8.18. The summed E-state index contributed by atoms with van der Waals surface area (Å²) >= 11 is 0. The van der Waals surface area contributed by atoms with Crippen LogP contribution in [0.2, 0.25) is 0 Å². The van der Waals surface area contributed by atoms with Crippen LogP contribution in [0.15, 0.2) is 24.3 Å². The van der Waals surface area contributed by atoms with E-state index in [-0.39, 0.29) is 6.10 Å². The molecule has 0 radical (unpaired) electrons. The maximum Gasteiger partial charge on any atom is 0.429 e. The average molecular weight is 315 g/mol. The summed E-state index contributed by atoms with van der Waals surface area (Å²) in [5, 5.41) is 10.1. The number of nitrogens with two attached hydrogens (primary N) is 1. The second-order valence-electron chi connectivity index (χ2n) is 6.75. The highest BCUT2D eigenvalue weighted by atomic mass is 16.6. The molecule has 5 heteroatoms. The van der Waals surface area contributed by atoms with Crippen molar-refractivity contribution in [2.45, 2.75) is 46.1 Å². The third-order valence-electron chi connectivity index (χ3n) is 4.69. The third-order valence-corrected chi connectivity index (χ3v) is 4.69. The Hall–Kier alpha value is -2.06. The van der Waals surface area contributed by atoms with E-state index in [0.717, 1.165) is 17.9 Å². The van der Waals surface area contributed by atoms with E-state index < -0.39 is 6.09 Å². The Morgan fingerprint density at radius 1 is 1.39 bits per heavy atom. The number of amides is 1. The van der Waals surface area contributed by atoms with Gasteiger partial charge >= 0.3 is 6.09 Å². The van der Waals surface area contributed by atoms with Crippen molar-refractivity contribution in [1.82, 2.24) is 0 Å². The van der Waals surface area contributed by atoms with Gasteiger partial charge in [0, 0.05) is 0 Å². The van der Waals surface area contributed by atoms with Gasteiger partial charge in [-0.1, -0.05) is 39.3 Å². The van der Waals surface area contributed by atoms with Crippen molar-refractivity contribution >= 4 is 11.8 Å². The molecule has 0 heterocycles. The van der Waals surface area contributed by atoms with Gasteiger partial charge < -0.3 is 4.74 Å². The monoisotopic (exact) mass is 315 g/mol. The lowest BCUT2D eigenvalue weighted by Gasteiger charge is -2.37. The molecule has 1 aromatic carbocycles.